The Labute approximate surface area is 134 Å². The molecule has 6 heteroatoms. The smallest absolute Gasteiger partial charge is 0.410 e. The summed E-state index contributed by atoms with van der Waals surface area (Å²) in [4.78, 5) is 17.9. The van der Waals surface area contributed by atoms with E-state index >= 15 is 0 Å². The maximum Gasteiger partial charge on any atom is 0.410 e. The van der Waals surface area contributed by atoms with E-state index in [-0.39, 0.29) is 12.4 Å². The number of halogens is 1. The minimum absolute atomic E-state index is 0.233. The van der Waals surface area contributed by atoms with Gasteiger partial charge in [-0.05, 0) is 38.5 Å². The van der Waals surface area contributed by atoms with Crippen LogP contribution in [0.1, 0.15) is 31.9 Å². The number of nitrogens with zero attached hydrogens (tertiary/aromatic N) is 3. The van der Waals surface area contributed by atoms with E-state index in [1.165, 1.54) is 11.0 Å². The van der Waals surface area contributed by atoms with E-state index in [2.05, 4.69) is 4.98 Å². The highest BCUT2D eigenvalue weighted by Crippen LogP contribution is 2.31. The summed E-state index contributed by atoms with van der Waals surface area (Å²) in [5.41, 5.74) is 1.49. The van der Waals surface area contributed by atoms with Gasteiger partial charge in [0.15, 0.2) is 0 Å². The molecule has 1 aliphatic rings. The normalized spacial score (nSPS) is 14.0. The topological polar surface area (TPSA) is 47.4 Å². The first-order valence-electron chi connectivity index (χ1n) is 7.51. The van der Waals surface area contributed by atoms with E-state index in [9.17, 15) is 9.18 Å². The molecule has 0 fully saturated rings. The molecule has 0 atom stereocenters. The number of fused-ring (bicyclic) bond motifs is 1. The fourth-order valence-electron chi connectivity index (χ4n) is 2.69. The van der Waals surface area contributed by atoms with Gasteiger partial charge < -0.3 is 9.30 Å². The molecular weight excluding hydrogens is 297 g/mol. The molecule has 1 aromatic heterocycles. The van der Waals surface area contributed by atoms with Crippen LogP contribution in [0.3, 0.4) is 0 Å². The van der Waals surface area contributed by atoms with Crippen molar-refractivity contribution >= 4 is 6.09 Å². The maximum atomic E-state index is 14.4. The highest BCUT2D eigenvalue weighted by atomic mass is 19.1. The summed E-state index contributed by atoms with van der Waals surface area (Å²) < 4.78 is 21.6. The Hall–Kier alpha value is -2.37. The third-order valence-corrected chi connectivity index (χ3v) is 3.73. The van der Waals surface area contributed by atoms with Crippen molar-refractivity contribution in [2.45, 2.75) is 39.5 Å². The highest BCUT2D eigenvalue weighted by molar-refractivity contribution is 5.70. The summed E-state index contributed by atoms with van der Waals surface area (Å²) in [5, 5.41) is 0. The van der Waals surface area contributed by atoms with Gasteiger partial charge in [0.05, 0.1) is 6.54 Å². The fraction of sp³-hybridized carbons (Fsp3) is 0.412. The maximum absolute atomic E-state index is 14.4. The Morgan fingerprint density at radius 3 is 2.65 bits per heavy atom. The molecule has 0 unspecified atom stereocenters. The Balaban J connectivity index is 1.87. The number of imidazole rings is 1. The predicted molar refractivity (Wildman–Crippen MR) is 84.1 cm³/mol. The lowest BCUT2D eigenvalue weighted by Gasteiger charge is -2.24. The van der Waals surface area contributed by atoms with Gasteiger partial charge in [-0.15, -0.1) is 0 Å². The van der Waals surface area contributed by atoms with E-state index in [1.807, 2.05) is 44.6 Å². The first-order valence-corrected chi connectivity index (χ1v) is 7.51. The van der Waals surface area contributed by atoms with Gasteiger partial charge in [0.2, 0.25) is 0 Å². The van der Waals surface area contributed by atoms with Crippen LogP contribution in [-0.4, -0.2) is 26.1 Å². The van der Waals surface area contributed by atoms with Gasteiger partial charge in [0.25, 0.3) is 0 Å². The molecule has 0 spiro atoms. The molecule has 0 N–H and O–H groups in total. The molecule has 1 aliphatic heterocycles. The molecule has 0 saturated heterocycles. The minimum Gasteiger partial charge on any atom is -0.444 e. The molecule has 1 amide bonds. The lowest BCUT2D eigenvalue weighted by Crippen LogP contribution is -2.33. The van der Waals surface area contributed by atoms with Crippen LogP contribution in [0, 0.1) is 5.82 Å². The SMILES string of the molecule is Cn1ccnc1-c1cc(F)c2c(c1)CN(C(=O)OC(C)(C)C)C2. The van der Waals surface area contributed by atoms with E-state index < -0.39 is 11.7 Å². The monoisotopic (exact) mass is 317 g/mol. The average molecular weight is 317 g/mol. The third kappa shape index (κ3) is 3.06. The summed E-state index contributed by atoms with van der Waals surface area (Å²) >= 11 is 0. The van der Waals surface area contributed by atoms with Crippen molar-refractivity contribution in [1.29, 1.82) is 0 Å². The van der Waals surface area contributed by atoms with Crippen molar-refractivity contribution in [2.75, 3.05) is 0 Å². The quantitative estimate of drug-likeness (QED) is 0.809. The Kier molecular flexibility index (Phi) is 3.62. The van der Waals surface area contributed by atoms with E-state index in [0.29, 0.717) is 23.5 Å². The second-order valence-electron chi connectivity index (χ2n) is 6.79. The lowest BCUT2D eigenvalue weighted by molar-refractivity contribution is 0.0241. The number of aromatic nitrogens is 2. The molecular formula is C17H20FN3O2. The molecule has 3 rings (SSSR count). The van der Waals surface area contributed by atoms with Gasteiger partial charge in [0, 0.05) is 37.1 Å². The fourth-order valence-corrected chi connectivity index (χ4v) is 2.69. The molecule has 0 saturated carbocycles. The number of hydrogen-bond acceptors (Lipinski definition) is 3. The van der Waals surface area contributed by atoms with Crippen LogP contribution in [-0.2, 0) is 24.9 Å². The van der Waals surface area contributed by atoms with Crippen LogP contribution in [0.25, 0.3) is 11.4 Å². The van der Waals surface area contributed by atoms with E-state index in [1.54, 1.807) is 6.20 Å². The van der Waals surface area contributed by atoms with Crippen LogP contribution in [0.4, 0.5) is 9.18 Å². The molecule has 0 aliphatic carbocycles. The summed E-state index contributed by atoms with van der Waals surface area (Å²) in [5.74, 6) is 0.383. The molecule has 122 valence electrons. The van der Waals surface area contributed by atoms with Crippen molar-refractivity contribution in [3.05, 3.63) is 41.5 Å². The summed E-state index contributed by atoms with van der Waals surface area (Å²) in [6.45, 7) is 6.02. The first-order chi connectivity index (χ1) is 10.7. The number of benzene rings is 1. The number of carbonyl (C=O) groups is 1. The number of ether oxygens (including phenoxy) is 1. The largest absolute Gasteiger partial charge is 0.444 e. The van der Waals surface area contributed by atoms with Crippen molar-refractivity contribution in [3.63, 3.8) is 0 Å². The van der Waals surface area contributed by atoms with Crippen LogP contribution in [0.5, 0.6) is 0 Å². The Morgan fingerprint density at radius 1 is 1.30 bits per heavy atom. The van der Waals surface area contributed by atoms with E-state index in [0.717, 1.165) is 5.56 Å². The zero-order valence-electron chi connectivity index (χ0n) is 13.8. The highest BCUT2D eigenvalue weighted by Gasteiger charge is 2.30. The van der Waals surface area contributed by atoms with Crippen LogP contribution < -0.4 is 0 Å². The van der Waals surface area contributed by atoms with Crippen molar-refractivity contribution in [1.82, 2.24) is 14.5 Å². The van der Waals surface area contributed by atoms with Crippen LogP contribution >= 0.6 is 0 Å². The molecule has 5 nitrogen and oxygen atoms in total. The van der Waals surface area contributed by atoms with Gasteiger partial charge in [-0.3, -0.25) is 4.90 Å². The van der Waals surface area contributed by atoms with Crippen molar-refractivity contribution in [2.24, 2.45) is 7.05 Å². The number of rotatable bonds is 1. The van der Waals surface area contributed by atoms with Gasteiger partial charge in [-0.1, -0.05) is 0 Å². The first kappa shape index (κ1) is 15.5. The Morgan fingerprint density at radius 2 is 2.04 bits per heavy atom. The molecule has 0 radical (unpaired) electrons. The van der Waals surface area contributed by atoms with Gasteiger partial charge >= 0.3 is 6.09 Å². The Bertz CT molecular complexity index is 762. The predicted octanol–water partition coefficient (Wildman–Crippen LogP) is 3.48. The summed E-state index contributed by atoms with van der Waals surface area (Å²) in [6.07, 6.45) is 3.06. The second kappa shape index (κ2) is 5.37. The second-order valence-corrected chi connectivity index (χ2v) is 6.79. The van der Waals surface area contributed by atoms with Crippen molar-refractivity contribution < 1.29 is 13.9 Å². The zero-order valence-corrected chi connectivity index (χ0v) is 13.8. The van der Waals surface area contributed by atoms with Gasteiger partial charge in [-0.25, -0.2) is 14.2 Å². The van der Waals surface area contributed by atoms with Gasteiger partial charge in [0.1, 0.15) is 17.2 Å². The molecule has 0 bridgehead atoms. The molecule has 23 heavy (non-hydrogen) atoms. The number of aryl methyl sites for hydroxylation is 1. The lowest BCUT2D eigenvalue weighted by atomic mass is 10.1. The van der Waals surface area contributed by atoms with Crippen molar-refractivity contribution in [3.8, 4) is 11.4 Å². The third-order valence-electron chi connectivity index (χ3n) is 3.73. The van der Waals surface area contributed by atoms with Gasteiger partial charge in [-0.2, -0.15) is 0 Å². The number of carbonyl (C=O) groups excluding carboxylic acids is 1. The summed E-state index contributed by atoms with van der Waals surface area (Å²) in [6, 6.07) is 3.37. The minimum atomic E-state index is -0.567. The number of amides is 1. The average Bonchev–Trinajstić information content (AvgIpc) is 3.02. The van der Waals surface area contributed by atoms with Crippen LogP contribution in [0.15, 0.2) is 24.5 Å². The molecule has 2 heterocycles. The van der Waals surface area contributed by atoms with Crippen LogP contribution in [0.2, 0.25) is 0 Å². The zero-order chi connectivity index (χ0) is 16.8. The summed E-state index contributed by atoms with van der Waals surface area (Å²) in [7, 11) is 1.86. The number of hydrogen-bond donors (Lipinski definition) is 0. The van der Waals surface area contributed by atoms with E-state index in [4.69, 9.17) is 4.74 Å². The standard InChI is InChI=1S/C17H20FN3O2/c1-17(2,3)23-16(22)21-9-12-7-11(8-14(18)13(12)10-21)15-19-5-6-20(15)4/h5-8H,9-10H2,1-4H3. The molecule has 1 aromatic carbocycles. The molecule has 2 aromatic rings.